The Morgan fingerprint density at radius 1 is 1.40 bits per heavy atom. The lowest BCUT2D eigenvalue weighted by Crippen LogP contribution is -1.96. The highest BCUT2D eigenvalue weighted by atomic mass is 35.5. The second kappa shape index (κ2) is 3.59. The fraction of sp³-hybridized carbons (Fsp3) is 0.182. The molecular formula is C11H9ClO3. The Morgan fingerprint density at radius 3 is 2.73 bits per heavy atom. The van der Waals surface area contributed by atoms with Crippen LogP contribution < -0.4 is 4.74 Å². The van der Waals surface area contributed by atoms with Gasteiger partial charge in [0.05, 0.1) is 12.7 Å². The van der Waals surface area contributed by atoms with E-state index in [2.05, 4.69) is 0 Å². The molecule has 2 rings (SSSR count). The van der Waals surface area contributed by atoms with Gasteiger partial charge in [0.25, 0.3) is 0 Å². The monoisotopic (exact) mass is 224 g/mol. The third kappa shape index (κ3) is 1.70. The molecule has 1 heterocycles. The molecule has 0 aliphatic carbocycles. The summed E-state index contributed by atoms with van der Waals surface area (Å²) in [6.45, 7) is 1.48. The van der Waals surface area contributed by atoms with Crippen LogP contribution in [0.4, 0.5) is 0 Å². The number of carbonyl (C=O) groups excluding carboxylic acids is 1. The molecule has 0 fully saturated rings. The molecule has 1 aromatic heterocycles. The largest absolute Gasteiger partial charge is 0.496 e. The summed E-state index contributed by atoms with van der Waals surface area (Å²) in [4.78, 5) is 11.3. The number of methoxy groups -OCH3 is 1. The first-order chi connectivity index (χ1) is 7.11. The van der Waals surface area contributed by atoms with Crippen LogP contribution in [0.25, 0.3) is 11.0 Å². The Balaban J connectivity index is 2.73. The van der Waals surface area contributed by atoms with Crippen LogP contribution in [0.1, 0.15) is 17.3 Å². The maximum absolute atomic E-state index is 11.3. The van der Waals surface area contributed by atoms with Crippen LogP contribution in [0.3, 0.4) is 0 Å². The van der Waals surface area contributed by atoms with E-state index < -0.39 is 0 Å². The van der Waals surface area contributed by atoms with E-state index >= 15 is 0 Å². The average molecular weight is 225 g/mol. The smallest absolute Gasteiger partial charge is 0.194 e. The number of hydrogen-bond donors (Lipinski definition) is 0. The summed E-state index contributed by atoms with van der Waals surface area (Å²) in [5.41, 5.74) is 1.09. The first-order valence-electron chi connectivity index (χ1n) is 4.40. The van der Waals surface area contributed by atoms with Gasteiger partial charge in [0.15, 0.2) is 11.0 Å². The number of rotatable bonds is 2. The van der Waals surface area contributed by atoms with E-state index in [-0.39, 0.29) is 5.78 Å². The number of furan rings is 1. The van der Waals surface area contributed by atoms with Crippen molar-refractivity contribution in [2.75, 3.05) is 7.11 Å². The zero-order valence-corrected chi connectivity index (χ0v) is 9.09. The highest BCUT2D eigenvalue weighted by molar-refractivity contribution is 6.29. The minimum absolute atomic E-state index is 0.0683. The molecule has 0 saturated heterocycles. The maximum atomic E-state index is 11.3. The van der Waals surface area contributed by atoms with Gasteiger partial charge >= 0.3 is 0 Å². The molecule has 15 heavy (non-hydrogen) atoms. The van der Waals surface area contributed by atoms with Crippen molar-refractivity contribution in [1.29, 1.82) is 0 Å². The highest BCUT2D eigenvalue weighted by Crippen LogP contribution is 2.30. The molecule has 0 N–H and O–H groups in total. The Morgan fingerprint density at radius 2 is 2.13 bits per heavy atom. The van der Waals surface area contributed by atoms with Gasteiger partial charge in [0.2, 0.25) is 0 Å². The summed E-state index contributed by atoms with van der Waals surface area (Å²) in [6.07, 6.45) is 0. The van der Waals surface area contributed by atoms with E-state index in [1.54, 1.807) is 18.2 Å². The van der Waals surface area contributed by atoms with Crippen LogP contribution in [-0.4, -0.2) is 12.9 Å². The molecule has 0 unspecified atom stereocenters. The second-order valence-electron chi connectivity index (χ2n) is 3.20. The molecule has 0 amide bonds. The maximum Gasteiger partial charge on any atom is 0.194 e. The van der Waals surface area contributed by atoms with E-state index in [0.29, 0.717) is 22.1 Å². The van der Waals surface area contributed by atoms with Gasteiger partial charge in [0.1, 0.15) is 11.3 Å². The summed E-state index contributed by atoms with van der Waals surface area (Å²) >= 11 is 5.72. The van der Waals surface area contributed by atoms with E-state index in [1.165, 1.54) is 14.0 Å². The third-order valence-electron chi connectivity index (χ3n) is 2.19. The summed E-state index contributed by atoms with van der Waals surface area (Å²) in [7, 11) is 1.52. The van der Waals surface area contributed by atoms with Crippen molar-refractivity contribution in [3.63, 3.8) is 0 Å². The third-order valence-corrected chi connectivity index (χ3v) is 2.37. The highest BCUT2D eigenvalue weighted by Gasteiger charge is 2.12. The zero-order chi connectivity index (χ0) is 11.0. The van der Waals surface area contributed by atoms with Crippen molar-refractivity contribution in [3.8, 4) is 5.75 Å². The lowest BCUT2D eigenvalue weighted by atomic mass is 10.1. The molecule has 4 heteroatoms. The predicted octanol–water partition coefficient (Wildman–Crippen LogP) is 3.30. The molecule has 0 aliphatic heterocycles. The molecule has 0 bridgehead atoms. The number of Topliss-reactive ketones (excluding diaryl/α,β-unsaturated/α-hetero) is 1. The van der Waals surface area contributed by atoms with Crippen molar-refractivity contribution >= 4 is 28.4 Å². The SMILES string of the molecule is COc1cc2cc(Cl)oc2cc1C(C)=O. The van der Waals surface area contributed by atoms with Crippen molar-refractivity contribution in [3.05, 3.63) is 29.0 Å². The lowest BCUT2D eigenvalue weighted by Gasteiger charge is -2.04. The van der Waals surface area contributed by atoms with Crippen LogP contribution in [-0.2, 0) is 0 Å². The summed E-state index contributed by atoms with van der Waals surface area (Å²) < 4.78 is 10.3. The number of benzene rings is 1. The number of carbonyl (C=O) groups is 1. The van der Waals surface area contributed by atoms with Gasteiger partial charge in [-0.3, -0.25) is 4.79 Å². The van der Waals surface area contributed by atoms with Crippen molar-refractivity contribution in [2.45, 2.75) is 6.92 Å². The average Bonchev–Trinajstić information content (AvgIpc) is 2.54. The van der Waals surface area contributed by atoms with E-state index in [1.807, 2.05) is 0 Å². The fourth-order valence-corrected chi connectivity index (χ4v) is 1.68. The number of halogens is 1. The molecule has 78 valence electrons. The number of hydrogen-bond acceptors (Lipinski definition) is 3. The van der Waals surface area contributed by atoms with Gasteiger partial charge in [-0.1, -0.05) is 0 Å². The molecule has 2 aromatic rings. The second-order valence-corrected chi connectivity index (χ2v) is 3.57. The Labute approximate surface area is 91.6 Å². The number of ketones is 1. The van der Waals surface area contributed by atoms with Crippen LogP contribution in [0.5, 0.6) is 5.75 Å². The van der Waals surface area contributed by atoms with Gasteiger partial charge in [-0.2, -0.15) is 0 Å². The van der Waals surface area contributed by atoms with E-state index in [9.17, 15) is 4.79 Å². The van der Waals surface area contributed by atoms with Gasteiger partial charge in [-0.15, -0.1) is 0 Å². The Hall–Kier alpha value is -1.48. The molecular weight excluding hydrogens is 216 g/mol. The van der Waals surface area contributed by atoms with Crippen LogP contribution in [0.15, 0.2) is 22.6 Å². The minimum Gasteiger partial charge on any atom is -0.496 e. The van der Waals surface area contributed by atoms with E-state index in [0.717, 1.165) is 5.39 Å². The van der Waals surface area contributed by atoms with Crippen molar-refractivity contribution < 1.29 is 13.9 Å². The topological polar surface area (TPSA) is 39.4 Å². The summed E-state index contributed by atoms with van der Waals surface area (Å²) in [5.74, 6) is 0.466. The van der Waals surface area contributed by atoms with Crippen LogP contribution in [0.2, 0.25) is 5.22 Å². The normalized spacial score (nSPS) is 10.6. The lowest BCUT2D eigenvalue weighted by molar-refractivity contribution is 0.101. The molecule has 0 saturated carbocycles. The summed E-state index contributed by atoms with van der Waals surface area (Å²) in [5, 5.41) is 1.12. The number of ether oxygens (including phenoxy) is 1. The van der Waals surface area contributed by atoms with Gasteiger partial charge in [-0.25, -0.2) is 0 Å². The Kier molecular flexibility index (Phi) is 2.40. The molecule has 0 radical (unpaired) electrons. The van der Waals surface area contributed by atoms with Crippen molar-refractivity contribution in [2.24, 2.45) is 0 Å². The molecule has 0 aliphatic rings. The quantitative estimate of drug-likeness (QED) is 0.735. The predicted molar refractivity (Wildman–Crippen MR) is 57.8 cm³/mol. The molecule has 1 aromatic carbocycles. The first-order valence-corrected chi connectivity index (χ1v) is 4.77. The van der Waals surface area contributed by atoms with E-state index in [4.69, 9.17) is 20.8 Å². The Bertz CT molecular complexity index is 528. The fourth-order valence-electron chi connectivity index (χ4n) is 1.48. The molecule has 3 nitrogen and oxygen atoms in total. The minimum atomic E-state index is -0.0683. The zero-order valence-electron chi connectivity index (χ0n) is 8.33. The van der Waals surface area contributed by atoms with Gasteiger partial charge < -0.3 is 9.15 Å². The van der Waals surface area contributed by atoms with Gasteiger partial charge in [0, 0.05) is 11.5 Å². The van der Waals surface area contributed by atoms with Gasteiger partial charge in [-0.05, 0) is 30.7 Å². The summed E-state index contributed by atoms with van der Waals surface area (Å²) in [6, 6.07) is 5.06. The standard InChI is InChI=1S/C11H9ClO3/c1-6(13)8-5-9-7(3-10(8)14-2)4-11(12)15-9/h3-5H,1-2H3. The number of fused-ring (bicyclic) bond motifs is 1. The molecule has 0 atom stereocenters. The van der Waals surface area contributed by atoms with Crippen molar-refractivity contribution in [1.82, 2.24) is 0 Å². The first kappa shape index (κ1) is 10.1. The van der Waals surface area contributed by atoms with Crippen LogP contribution >= 0.6 is 11.6 Å². The van der Waals surface area contributed by atoms with Crippen LogP contribution in [0, 0.1) is 0 Å². The molecule has 0 spiro atoms.